The van der Waals surface area contributed by atoms with Gasteiger partial charge in [0.25, 0.3) is 0 Å². The second-order valence-corrected chi connectivity index (χ2v) is 4.72. The van der Waals surface area contributed by atoms with Crippen LogP contribution >= 0.6 is 0 Å². The minimum Gasteiger partial charge on any atom is -0.398 e. The van der Waals surface area contributed by atoms with E-state index in [0.29, 0.717) is 11.3 Å². The highest BCUT2D eigenvalue weighted by Crippen LogP contribution is 2.27. The lowest BCUT2D eigenvalue weighted by Gasteiger charge is -2.33. The van der Waals surface area contributed by atoms with Crippen LogP contribution in [0.1, 0.15) is 31.7 Å². The van der Waals surface area contributed by atoms with Gasteiger partial charge in [-0.3, -0.25) is 0 Å². The van der Waals surface area contributed by atoms with Gasteiger partial charge in [-0.25, -0.2) is 0 Å². The van der Waals surface area contributed by atoms with Gasteiger partial charge in [-0.15, -0.1) is 0 Å². The predicted molar refractivity (Wildman–Crippen MR) is 70.8 cm³/mol. The van der Waals surface area contributed by atoms with Crippen molar-refractivity contribution in [2.24, 2.45) is 5.92 Å². The summed E-state index contributed by atoms with van der Waals surface area (Å²) in [5.74, 6) is 0.877. The van der Waals surface area contributed by atoms with Crippen molar-refractivity contribution < 1.29 is 0 Å². The van der Waals surface area contributed by atoms with E-state index < -0.39 is 0 Å². The average Bonchev–Trinajstić information content (AvgIpc) is 2.39. The number of anilines is 2. The molecule has 17 heavy (non-hydrogen) atoms. The van der Waals surface area contributed by atoms with Crippen molar-refractivity contribution in [3.8, 4) is 6.07 Å². The molecule has 2 N–H and O–H groups in total. The monoisotopic (exact) mass is 229 g/mol. The van der Waals surface area contributed by atoms with E-state index in [1.807, 2.05) is 18.2 Å². The molecule has 1 heterocycles. The summed E-state index contributed by atoms with van der Waals surface area (Å²) in [5, 5.41) is 8.84. The maximum absolute atomic E-state index is 8.84. The number of nitrogens with zero attached hydrogens (tertiary/aromatic N) is 2. The highest BCUT2D eigenvalue weighted by Gasteiger charge is 2.18. The molecule has 0 unspecified atom stereocenters. The van der Waals surface area contributed by atoms with E-state index in [-0.39, 0.29) is 0 Å². The molecule has 0 spiro atoms. The first-order chi connectivity index (χ1) is 8.24. The van der Waals surface area contributed by atoms with Crippen molar-refractivity contribution in [2.45, 2.75) is 26.2 Å². The fourth-order valence-electron chi connectivity index (χ4n) is 2.45. The van der Waals surface area contributed by atoms with Crippen molar-refractivity contribution in [3.05, 3.63) is 23.8 Å². The van der Waals surface area contributed by atoms with Gasteiger partial charge in [0.2, 0.25) is 0 Å². The lowest BCUT2D eigenvalue weighted by Crippen LogP contribution is -2.33. The number of hydrogen-bond donors (Lipinski definition) is 1. The summed E-state index contributed by atoms with van der Waals surface area (Å²) in [4.78, 5) is 2.36. The van der Waals surface area contributed by atoms with Crippen LogP contribution in [0, 0.1) is 17.2 Å². The van der Waals surface area contributed by atoms with Gasteiger partial charge in [0.05, 0.1) is 11.3 Å². The summed E-state index contributed by atoms with van der Waals surface area (Å²) in [7, 11) is 0. The highest BCUT2D eigenvalue weighted by molar-refractivity contribution is 5.63. The van der Waals surface area contributed by atoms with Crippen LogP contribution in [0.4, 0.5) is 11.4 Å². The lowest BCUT2D eigenvalue weighted by atomic mass is 9.94. The SMILES string of the molecule is CCC1CCN(c2ccc(C#N)c(N)c2)CC1. The van der Waals surface area contributed by atoms with E-state index in [4.69, 9.17) is 11.0 Å². The van der Waals surface area contributed by atoms with Crippen LogP contribution in [0.2, 0.25) is 0 Å². The normalized spacial score (nSPS) is 16.8. The molecule has 1 aliphatic rings. The third-order valence-electron chi connectivity index (χ3n) is 3.71. The molecule has 1 fully saturated rings. The average molecular weight is 229 g/mol. The van der Waals surface area contributed by atoms with Gasteiger partial charge in [-0.1, -0.05) is 13.3 Å². The molecule has 3 heteroatoms. The van der Waals surface area contributed by atoms with Crippen molar-refractivity contribution in [2.75, 3.05) is 23.7 Å². The smallest absolute Gasteiger partial charge is 0.101 e. The Morgan fingerprint density at radius 2 is 2.12 bits per heavy atom. The van der Waals surface area contributed by atoms with E-state index in [1.54, 1.807) is 0 Å². The third-order valence-corrected chi connectivity index (χ3v) is 3.71. The van der Waals surface area contributed by atoms with Crippen molar-refractivity contribution in [1.29, 1.82) is 5.26 Å². The van der Waals surface area contributed by atoms with Gasteiger partial charge in [-0.2, -0.15) is 5.26 Å². The zero-order chi connectivity index (χ0) is 12.3. The minimum absolute atomic E-state index is 0.567. The molecule has 1 saturated heterocycles. The van der Waals surface area contributed by atoms with Crippen LogP contribution in [0.15, 0.2) is 18.2 Å². The van der Waals surface area contributed by atoms with E-state index in [0.717, 1.165) is 24.7 Å². The molecular weight excluding hydrogens is 210 g/mol. The summed E-state index contributed by atoms with van der Waals surface area (Å²) in [6, 6.07) is 7.84. The molecule has 1 aliphatic heterocycles. The molecule has 0 aromatic heterocycles. The topological polar surface area (TPSA) is 53.0 Å². The Hall–Kier alpha value is -1.69. The number of nitrogen functional groups attached to an aromatic ring is 1. The molecule has 0 atom stereocenters. The lowest BCUT2D eigenvalue weighted by molar-refractivity contribution is 0.395. The van der Waals surface area contributed by atoms with E-state index in [1.165, 1.54) is 19.3 Å². The van der Waals surface area contributed by atoms with Gasteiger partial charge < -0.3 is 10.6 Å². The van der Waals surface area contributed by atoms with Crippen LogP contribution in [0.3, 0.4) is 0 Å². The zero-order valence-electron chi connectivity index (χ0n) is 10.3. The number of nitriles is 1. The molecule has 1 aromatic carbocycles. The number of benzene rings is 1. The predicted octanol–water partition coefficient (Wildman–Crippen LogP) is 2.77. The van der Waals surface area contributed by atoms with Crippen molar-refractivity contribution in [3.63, 3.8) is 0 Å². The molecule has 0 aliphatic carbocycles. The molecule has 0 bridgehead atoms. The van der Waals surface area contributed by atoms with Gasteiger partial charge in [0.1, 0.15) is 6.07 Å². The zero-order valence-corrected chi connectivity index (χ0v) is 10.3. The van der Waals surface area contributed by atoms with E-state index in [2.05, 4.69) is 17.9 Å². The molecule has 0 saturated carbocycles. The van der Waals surface area contributed by atoms with Crippen molar-refractivity contribution in [1.82, 2.24) is 0 Å². The maximum Gasteiger partial charge on any atom is 0.101 e. The van der Waals surface area contributed by atoms with E-state index in [9.17, 15) is 0 Å². The molecule has 90 valence electrons. The highest BCUT2D eigenvalue weighted by atomic mass is 15.1. The van der Waals surface area contributed by atoms with Gasteiger partial charge in [0.15, 0.2) is 0 Å². The Balaban J connectivity index is 2.09. The number of rotatable bonds is 2. The Bertz CT molecular complexity index is 426. The first-order valence-electron chi connectivity index (χ1n) is 6.29. The molecule has 0 amide bonds. The summed E-state index contributed by atoms with van der Waals surface area (Å²) >= 11 is 0. The first-order valence-corrected chi connectivity index (χ1v) is 6.29. The Morgan fingerprint density at radius 3 is 2.65 bits per heavy atom. The van der Waals surface area contributed by atoms with Crippen LogP contribution in [0.25, 0.3) is 0 Å². The second kappa shape index (κ2) is 5.09. The maximum atomic E-state index is 8.84. The van der Waals surface area contributed by atoms with Gasteiger partial charge in [-0.05, 0) is 37.0 Å². The van der Waals surface area contributed by atoms with Crippen LogP contribution in [-0.2, 0) is 0 Å². The Kier molecular flexibility index (Phi) is 3.53. The third kappa shape index (κ3) is 2.52. The summed E-state index contributed by atoms with van der Waals surface area (Å²) < 4.78 is 0. The largest absolute Gasteiger partial charge is 0.398 e. The summed E-state index contributed by atoms with van der Waals surface area (Å²) in [6.45, 7) is 4.47. The van der Waals surface area contributed by atoms with E-state index >= 15 is 0 Å². The van der Waals surface area contributed by atoms with Gasteiger partial charge >= 0.3 is 0 Å². The first kappa shape index (κ1) is 11.8. The van der Waals surface area contributed by atoms with Crippen LogP contribution in [0.5, 0.6) is 0 Å². The Labute approximate surface area is 103 Å². The summed E-state index contributed by atoms with van der Waals surface area (Å²) in [6.07, 6.45) is 3.80. The Morgan fingerprint density at radius 1 is 1.41 bits per heavy atom. The number of nitrogens with two attached hydrogens (primary N) is 1. The molecule has 1 aromatic rings. The second-order valence-electron chi connectivity index (χ2n) is 4.72. The fourth-order valence-corrected chi connectivity index (χ4v) is 2.45. The molecular formula is C14H19N3. The number of hydrogen-bond acceptors (Lipinski definition) is 3. The quantitative estimate of drug-likeness (QED) is 0.793. The molecule has 0 radical (unpaired) electrons. The van der Waals surface area contributed by atoms with Gasteiger partial charge in [0, 0.05) is 18.8 Å². The number of piperidine rings is 1. The van der Waals surface area contributed by atoms with Crippen molar-refractivity contribution >= 4 is 11.4 Å². The fraction of sp³-hybridized carbons (Fsp3) is 0.500. The molecule has 2 rings (SSSR count). The minimum atomic E-state index is 0.567. The van der Waals surface area contributed by atoms with Crippen LogP contribution in [-0.4, -0.2) is 13.1 Å². The standard InChI is InChI=1S/C14H19N3/c1-2-11-5-7-17(8-6-11)13-4-3-12(10-15)14(16)9-13/h3-4,9,11H,2,5-8,16H2,1H3. The van der Waals surface area contributed by atoms with Crippen LogP contribution < -0.4 is 10.6 Å². The summed E-state index contributed by atoms with van der Waals surface area (Å²) in [5.41, 5.74) is 8.14. The molecule has 3 nitrogen and oxygen atoms in total.